The Kier molecular flexibility index (Phi) is 1.48. The molecule has 1 heterocycles. The number of benzene rings is 1. The standard InChI is InChI=1S/C13H11N/c1-9-6-7-13-11(8-9)10-4-2-3-5-12(10)14-13/h2-6,8H,7H2,1H3. The summed E-state index contributed by atoms with van der Waals surface area (Å²) in [5.41, 5.74) is 6.29. The highest BCUT2D eigenvalue weighted by atomic mass is 14.8. The summed E-state index contributed by atoms with van der Waals surface area (Å²) in [4.78, 5) is 4.61. The van der Waals surface area contributed by atoms with Gasteiger partial charge in [-0.15, -0.1) is 0 Å². The molecule has 0 spiro atoms. The van der Waals surface area contributed by atoms with E-state index in [1.165, 1.54) is 22.4 Å². The Morgan fingerprint density at radius 2 is 2.07 bits per heavy atom. The third-order valence-corrected chi connectivity index (χ3v) is 2.75. The molecule has 0 aromatic heterocycles. The van der Waals surface area contributed by atoms with Crippen molar-refractivity contribution in [2.45, 2.75) is 13.3 Å². The predicted octanol–water partition coefficient (Wildman–Crippen LogP) is 3.51. The van der Waals surface area contributed by atoms with Crippen LogP contribution in [0.3, 0.4) is 0 Å². The second kappa shape index (κ2) is 2.68. The van der Waals surface area contributed by atoms with Gasteiger partial charge >= 0.3 is 0 Å². The van der Waals surface area contributed by atoms with Crippen LogP contribution in [0.4, 0.5) is 5.69 Å². The summed E-state index contributed by atoms with van der Waals surface area (Å²) in [5, 5.41) is 0. The van der Waals surface area contributed by atoms with Gasteiger partial charge in [-0.05, 0) is 19.1 Å². The van der Waals surface area contributed by atoms with Crippen molar-refractivity contribution in [3.63, 3.8) is 0 Å². The van der Waals surface area contributed by atoms with Gasteiger partial charge in [0.05, 0.1) is 11.4 Å². The normalized spacial score (nSPS) is 17.9. The van der Waals surface area contributed by atoms with Crippen molar-refractivity contribution >= 4 is 17.0 Å². The van der Waals surface area contributed by atoms with Crippen molar-refractivity contribution in [2.24, 2.45) is 4.99 Å². The molecule has 0 radical (unpaired) electrons. The third-order valence-electron chi connectivity index (χ3n) is 2.75. The molecule has 68 valence electrons. The lowest BCUT2D eigenvalue weighted by molar-refractivity contribution is 1.36. The molecular formula is C13H11N. The van der Waals surface area contributed by atoms with Crippen LogP contribution < -0.4 is 0 Å². The maximum absolute atomic E-state index is 4.61. The summed E-state index contributed by atoms with van der Waals surface area (Å²) in [6.45, 7) is 2.14. The van der Waals surface area contributed by atoms with Gasteiger partial charge in [-0.2, -0.15) is 0 Å². The lowest BCUT2D eigenvalue weighted by atomic mass is 9.94. The number of nitrogens with zero attached hydrogens (tertiary/aromatic N) is 1. The lowest BCUT2D eigenvalue weighted by Crippen LogP contribution is -2.00. The molecule has 0 saturated heterocycles. The van der Waals surface area contributed by atoms with Crippen LogP contribution in [0.25, 0.3) is 5.57 Å². The van der Waals surface area contributed by atoms with Crippen LogP contribution in [0.15, 0.2) is 47.0 Å². The second-order valence-electron chi connectivity index (χ2n) is 3.79. The molecule has 0 atom stereocenters. The molecule has 0 fully saturated rings. The second-order valence-corrected chi connectivity index (χ2v) is 3.79. The zero-order valence-corrected chi connectivity index (χ0v) is 8.12. The van der Waals surface area contributed by atoms with Crippen molar-refractivity contribution in [3.8, 4) is 0 Å². The average Bonchev–Trinajstić information content (AvgIpc) is 2.56. The molecule has 1 aromatic rings. The highest BCUT2D eigenvalue weighted by molar-refractivity contribution is 6.30. The molecule has 1 aromatic carbocycles. The number of para-hydroxylation sites is 1. The first-order valence-corrected chi connectivity index (χ1v) is 4.90. The minimum Gasteiger partial charge on any atom is -0.252 e. The van der Waals surface area contributed by atoms with Crippen molar-refractivity contribution in [3.05, 3.63) is 47.6 Å². The first-order valence-electron chi connectivity index (χ1n) is 4.90. The van der Waals surface area contributed by atoms with E-state index in [4.69, 9.17) is 0 Å². The quantitative estimate of drug-likeness (QED) is 0.580. The highest BCUT2D eigenvalue weighted by Gasteiger charge is 2.21. The molecule has 2 aliphatic rings. The number of rotatable bonds is 0. The summed E-state index contributed by atoms with van der Waals surface area (Å²) in [5.74, 6) is 0. The Labute approximate surface area is 83.5 Å². The zero-order chi connectivity index (χ0) is 9.54. The lowest BCUT2D eigenvalue weighted by Gasteiger charge is -2.08. The molecule has 0 saturated carbocycles. The van der Waals surface area contributed by atoms with E-state index in [9.17, 15) is 0 Å². The van der Waals surface area contributed by atoms with E-state index in [-0.39, 0.29) is 0 Å². The van der Waals surface area contributed by atoms with E-state index in [1.807, 2.05) is 6.07 Å². The topological polar surface area (TPSA) is 12.4 Å². The molecule has 0 bridgehead atoms. The maximum atomic E-state index is 4.61. The molecule has 1 aliphatic carbocycles. The largest absolute Gasteiger partial charge is 0.252 e. The van der Waals surface area contributed by atoms with Crippen molar-refractivity contribution < 1.29 is 0 Å². The fraction of sp³-hybridized carbons (Fsp3) is 0.154. The van der Waals surface area contributed by atoms with Crippen LogP contribution in [-0.2, 0) is 0 Å². The van der Waals surface area contributed by atoms with E-state index in [1.54, 1.807) is 0 Å². The van der Waals surface area contributed by atoms with Gasteiger partial charge in [0, 0.05) is 17.6 Å². The van der Waals surface area contributed by atoms with Crippen LogP contribution in [0, 0.1) is 0 Å². The molecule has 1 heteroatoms. The summed E-state index contributed by atoms with van der Waals surface area (Å²) in [7, 11) is 0. The van der Waals surface area contributed by atoms with Crippen molar-refractivity contribution in [1.29, 1.82) is 0 Å². The fourth-order valence-electron chi connectivity index (χ4n) is 2.02. The number of fused-ring (bicyclic) bond motifs is 3. The van der Waals surface area contributed by atoms with E-state index < -0.39 is 0 Å². The van der Waals surface area contributed by atoms with E-state index in [2.05, 4.69) is 42.3 Å². The third kappa shape index (κ3) is 0.987. The van der Waals surface area contributed by atoms with Gasteiger partial charge < -0.3 is 0 Å². The molecule has 0 unspecified atom stereocenters. The molecule has 0 amide bonds. The van der Waals surface area contributed by atoms with Crippen molar-refractivity contribution in [1.82, 2.24) is 0 Å². The minimum atomic E-state index is 0.979. The molecule has 3 rings (SSSR count). The van der Waals surface area contributed by atoms with Gasteiger partial charge in [-0.1, -0.05) is 29.8 Å². The van der Waals surface area contributed by atoms with E-state index in [0.29, 0.717) is 0 Å². The highest BCUT2D eigenvalue weighted by Crippen LogP contribution is 2.37. The van der Waals surface area contributed by atoms with Crippen LogP contribution in [0.1, 0.15) is 18.9 Å². The summed E-state index contributed by atoms with van der Waals surface area (Å²) >= 11 is 0. The summed E-state index contributed by atoms with van der Waals surface area (Å²) in [6, 6.07) is 8.35. The molecular weight excluding hydrogens is 170 g/mol. The van der Waals surface area contributed by atoms with Gasteiger partial charge in [-0.25, -0.2) is 0 Å². The Bertz CT molecular complexity index is 490. The predicted molar refractivity (Wildman–Crippen MR) is 59.9 cm³/mol. The first kappa shape index (κ1) is 7.74. The summed E-state index contributed by atoms with van der Waals surface area (Å²) in [6.07, 6.45) is 5.44. The fourth-order valence-corrected chi connectivity index (χ4v) is 2.02. The van der Waals surface area contributed by atoms with Gasteiger partial charge in [0.2, 0.25) is 0 Å². The molecule has 14 heavy (non-hydrogen) atoms. The number of allylic oxidation sites excluding steroid dienone is 4. The molecule has 0 N–H and O–H groups in total. The Balaban J connectivity index is 2.23. The Morgan fingerprint density at radius 1 is 1.21 bits per heavy atom. The van der Waals surface area contributed by atoms with Crippen molar-refractivity contribution in [2.75, 3.05) is 0 Å². The number of aliphatic imine (C=N–C) groups is 1. The van der Waals surface area contributed by atoms with E-state index >= 15 is 0 Å². The van der Waals surface area contributed by atoms with Gasteiger partial charge in [0.15, 0.2) is 0 Å². The monoisotopic (exact) mass is 181 g/mol. The maximum Gasteiger partial charge on any atom is 0.0712 e. The first-order chi connectivity index (χ1) is 6.84. The Morgan fingerprint density at radius 3 is 3.00 bits per heavy atom. The van der Waals surface area contributed by atoms with Crippen LogP contribution >= 0.6 is 0 Å². The van der Waals surface area contributed by atoms with Gasteiger partial charge in [0.1, 0.15) is 0 Å². The van der Waals surface area contributed by atoms with Crippen LogP contribution in [0.2, 0.25) is 0 Å². The van der Waals surface area contributed by atoms with Gasteiger partial charge in [0.25, 0.3) is 0 Å². The Hall–Kier alpha value is -1.63. The average molecular weight is 181 g/mol. The number of hydrogen-bond donors (Lipinski definition) is 0. The van der Waals surface area contributed by atoms with Crippen LogP contribution in [-0.4, -0.2) is 5.71 Å². The van der Waals surface area contributed by atoms with E-state index in [0.717, 1.165) is 12.1 Å². The zero-order valence-electron chi connectivity index (χ0n) is 8.12. The SMILES string of the molecule is CC1=CCC2=Nc3ccccc3C2=C1. The minimum absolute atomic E-state index is 0.979. The number of hydrogen-bond acceptors (Lipinski definition) is 1. The molecule has 1 aliphatic heterocycles. The van der Waals surface area contributed by atoms with Gasteiger partial charge in [-0.3, -0.25) is 4.99 Å². The van der Waals surface area contributed by atoms with Crippen LogP contribution in [0.5, 0.6) is 0 Å². The summed E-state index contributed by atoms with van der Waals surface area (Å²) < 4.78 is 0. The smallest absolute Gasteiger partial charge is 0.0712 e. The molecule has 1 nitrogen and oxygen atoms in total.